The maximum absolute atomic E-state index is 13.4. The Morgan fingerprint density at radius 3 is 2.61 bits per heavy atom. The molecule has 0 saturated carbocycles. The molecule has 0 aliphatic rings. The van der Waals surface area contributed by atoms with E-state index in [4.69, 9.17) is 23.2 Å². The first kappa shape index (κ1) is 14.0. The molecule has 1 aromatic heterocycles. The lowest BCUT2D eigenvalue weighted by Crippen LogP contribution is -1.99. The van der Waals surface area contributed by atoms with Crippen molar-refractivity contribution in [3.63, 3.8) is 0 Å². The molecule has 0 radical (unpaired) electrons. The molecule has 0 atom stereocenters. The summed E-state index contributed by atoms with van der Waals surface area (Å²) in [6.07, 6.45) is 0.740. The fourth-order valence-corrected chi connectivity index (χ4v) is 2.39. The van der Waals surface area contributed by atoms with Gasteiger partial charge in [0.05, 0.1) is 14.3 Å². The normalized spacial score (nSPS) is 10.7. The molecule has 0 fully saturated rings. The van der Waals surface area contributed by atoms with Crippen LogP contribution < -0.4 is 0 Å². The van der Waals surface area contributed by atoms with Gasteiger partial charge >= 0.3 is 0 Å². The van der Waals surface area contributed by atoms with Gasteiger partial charge in [-0.2, -0.15) is 0 Å². The monoisotopic (exact) mass is 396 g/mol. The third-order valence-electron chi connectivity index (χ3n) is 2.39. The molecule has 0 N–H and O–H groups in total. The van der Waals surface area contributed by atoms with Gasteiger partial charge in [0.15, 0.2) is 5.82 Å². The van der Waals surface area contributed by atoms with Gasteiger partial charge in [0.2, 0.25) is 0 Å². The number of benzene rings is 1. The Morgan fingerprint density at radius 1 is 1.28 bits per heavy atom. The van der Waals surface area contributed by atoms with E-state index in [0.717, 1.165) is 15.7 Å². The van der Waals surface area contributed by atoms with E-state index in [-0.39, 0.29) is 5.02 Å². The number of aryl methyl sites for hydroxylation is 1. The van der Waals surface area contributed by atoms with Crippen molar-refractivity contribution in [2.24, 2.45) is 0 Å². The number of aromatic nitrogens is 2. The molecule has 0 aliphatic heterocycles. The topological polar surface area (TPSA) is 25.8 Å². The van der Waals surface area contributed by atoms with E-state index in [9.17, 15) is 4.39 Å². The quantitative estimate of drug-likeness (QED) is 0.540. The highest BCUT2D eigenvalue weighted by atomic mass is 127. The van der Waals surface area contributed by atoms with Crippen molar-refractivity contribution in [3.8, 4) is 11.4 Å². The molecule has 1 heterocycles. The highest BCUT2D eigenvalue weighted by Gasteiger charge is 2.12. The lowest BCUT2D eigenvalue weighted by molar-refractivity contribution is 0.628. The van der Waals surface area contributed by atoms with E-state index in [1.165, 1.54) is 12.1 Å². The van der Waals surface area contributed by atoms with Crippen molar-refractivity contribution in [2.45, 2.75) is 13.3 Å². The van der Waals surface area contributed by atoms with Gasteiger partial charge in [-0.1, -0.05) is 30.1 Å². The van der Waals surface area contributed by atoms with Gasteiger partial charge in [-0.05, 0) is 47.2 Å². The third kappa shape index (κ3) is 2.75. The largest absolute Gasteiger partial charge is 0.232 e. The first-order chi connectivity index (χ1) is 8.52. The Hall–Kier alpha value is -0.460. The molecule has 0 saturated heterocycles. The summed E-state index contributed by atoms with van der Waals surface area (Å²) in [5.41, 5.74) is 1.41. The maximum Gasteiger partial charge on any atom is 0.161 e. The first-order valence-corrected chi connectivity index (χ1v) is 7.03. The van der Waals surface area contributed by atoms with Gasteiger partial charge in [0, 0.05) is 5.56 Å². The Labute approximate surface area is 128 Å². The van der Waals surface area contributed by atoms with Crippen LogP contribution in [0.4, 0.5) is 4.39 Å². The van der Waals surface area contributed by atoms with Crippen molar-refractivity contribution in [3.05, 3.63) is 43.5 Å². The van der Waals surface area contributed by atoms with Crippen LogP contribution in [0.15, 0.2) is 18.2 Å². The van der Waals surface area contributed by atoms with Crippen LogP contribution in [0.2, 0.25) is 10.2 Å². The van der Waals surface area contributed by atoms with Crippen molar-refractivity contribution in [1.82, 2.24) is 9.97 Å². The molecule has 18 heavy (non-hydrogen) atoms. The zero-order valence-electron chi connectivity index (χ0n) is 9.35. The van der Waals surface area contributed by atoms with Crippen molar-refractivity contribution in [2.75, 3.05) is 0 Å². The Bertz CT molecular complexity index is 605. The van der Waals surface area contributed by atoms with E-state index in [2.05, 4.69) is 32.6 Å². The molecule has 0 spiro atoms. The molecule has 1 aromatic carbocycles. The summed E-state index contributed by atoms with van der Waals surface area (Å²) in [5.74, 6) is -0.0849. The first-order valence-electron chi connectivity index (χ1n) is 5.20. The molecule has 0 bridgehead atoms. The average Bonchev–Trinajstić information content (AvgIpc) is 2.36. The number of hydrogen-bond acceptors (Lipinski definition) is 2. The van der Waals surface area contributed by atoms with E-state index in [0.29, 0.717) is 16.5 Å². The fourth-order valence-electron chi connectivity index (χ4n) is 1.46. The summed E-state index contributed by atoms with van der Waals surface area (Å²) in [4.78, 5) is 8.54. The molecule has 6 heteroatoms. The number of hydrogen-bond donors (Lipinski definition) is 0. The Kier molecular flexibility index (Phi) is 4.40. The average molecular weight is 397 g/mol. The lowest BCUT2D eigenvalue weighted by Gasteiger charge is -2.07. The van der Waals surface area contributed by atoms with Crippen LogP contribution in [0.5, 0.6) is 0 Å². The molecule has 0 amide bonds. The number of halogens is 4. The van der Waals surface area contributed by atoms with Crippen LogP contribution in [-0.2, 0) is 6.42 Å². The zero-order valence-corrected chi connectivity index (χ0v) is 13.0. The van der Waals surface area contributed by atoms with Crippen LogP contribution in [0, 0.1) is 9.39 Å². The molecule has 0 unspecified atom stereocenters. The molecule has 94 valence electrons. The van der Waals surface area contributed by atoms with Crippen LogP contribution >= 0.6 is 45.8 Å². The van der Waals surface area contributed by atoms with Crippen molar-refractivity contribution >= 4 is 45.8 Å². The minimum Gasteiger partial charge on any atom is -0.232 e. The van der Waals surface area contributed by atoms with Crippen molar-refractivity contribution < 1.29 is 4.39 Å². The fraction of sp³-hybridized carbons (Fsp3) is 0.167. The van der Waals surface area contributed by atoms with Gasteiger partial charge in [-0.25, -0.2) is 14.4 Å². The van der Waals surface area contributed by atoms with Crippen molar-refractivity contribution in [1.29, 1.82) is 0 Å². The summed E-state index contributed by atoms with van der Waals surface area (Å²) in [5, 5.41) is 0.457. The second-order valence-electron chi connectivity index (χ2n) is 3.58. The standard InChI is InChI=1S/C12H8Cl2FIN2/c1-2-9-10(16)11(14)18-12(17-9)6-3-4-7(13)8(15)5-6/h3-5H,2H2,1H3. The van der Waals surface area contributed by atoms with Gasteiger partial charge in [0.1, 0.15) is 11.0 Å². The minimum atomic E-state index is -0.495. The highest BCUT2D eigenvalue weighted by molar-refractivity contribution is 14.1. The number of rotatable bonds is 2. The predicted molar refractivity (Wildman–Crippen MR) is 79.5 cm³/mol. The van der Waals surface area contributed by atoms with Crippen LogP contribution in [0.25, 0.3) is 11.4 Å². The lowest BCUT2D eigenvalue weighted by atomic mass is 10.2. The molecular formula is C12H8Cl2FIN2. The second-order valence-corrected chi connectivity index (χ2v) is 5.43. The van der Waals surface area contributed by atoms with E-state index in [1.807, 2.05) is 6.92 Å². The third-order valence-corrected chi connectivity index (χ3v) is 4.42. The van der Waals surface area contributed by atoms with Gasteiger partial charge < -0.3 is 0 Å². The molecule has 2 nitrogen and oxygen atoms in total. The van der Waals surface area contributed by atoms with E-state index >= 15 is 0 Å². The molecule has 2 aromatic rings. The SMILES string of the molecule is CCc1nc(-c2ccc(Cl)c(F)c2)nc(Cl)c1I. The van der Waals surface area contributed by atoms with Crippen LogP contribution in [0.1, 0.15) is 12.6 Å². The zero-order chi connectivity index (χ0) is 13.3. The smallest absolute Gasteiger partial charge is 0.161 e. The molecular weight excluding hydrogens is 389 g/mol. The molecule has 2 rings (SSSR count). The highest BCUT2D eigenvalue weighted by Crippen LogP contribution is 2.26. The Morgan fingerprint density at radius 2 is 2.00 bits per heavy atom. The summed E-state index contributed by atoms with van der Waals surface area (Å²) in [7, 11) is 0. The second kappa shape index (κ2) is 5.67. The van der Waals surface area contributed by atoms with Crippen LogP contribution in [-0.4, -0.2) is 9.97 Å². The van der Waals surface area contributed by atoms with Gasteiger partial charge in [-0.3, -0.25) is 0 Å². The van der Waals surface area contributed by atoms with Gasteiger partial charge in [0.25, 0.3) is 0 Å². The predicted octanol–water partition coefficient (Wildman–Crippen LogP) is 4.76. The van der Waals surface area contributed by atoms with Gasteiger partial charge in [-0.15, -0.1) is 0 Å². The Balaban J connectivity index is 2.57. The maximum atomic E-state index is 13.4. The summed E-state index contributed by atoms with van der Waals surface area (Å²) >= 11 is 13.8. The van der Waals surface area contributed by atoms with E-state index in [1.54, 1.807) is 6.07 Å². The number of nitrogens with zero attached hydrogens (tertiary/aromatic N) is 2. The summed E-state index contributed by atoms with van der Waals surface area (Å²) in [6, 6.07) is 4.46. The van der Waals surface area contributed by atoms with Crippen LogP contribution in [0.3, 0.4) is 0 Å². The molecule has 0 aliphatic carbocycles. The van der Waals surface area contributed by atoms with E-state index < -0.39 is 5.82 Å². The summed E-state index contributed by atoms with van der Waals surface area (Å²) in [6.45, 7) is 1.98. The summed E-state index contributed by atoms with van der Waals surface area (Å²) < 4.78 is 14.2. The minimum absolute atomic E-state index is 0.0751.